The molecule has 2 heterocycles. The third kappa shape index (κ3) is 5.58. The molecule has 1 aliphatic rings. The molecule has 7 nitrogen and oxygen atoms in total. The Balaban J connectivity index is 1.44. The van der Waals surface area contributed by atoms with E-state index in [2.05, 4.69) is 25.7 Å². The van der Waals surface area contributed by atoms with Crippen molar-refractivity contribution in [3.63, 3.8) is 0 Å². The van der Waals surface area contributed by atoms with Gasteiger partial charge in [-0.2, -0.15) is 0 Å². The lowest BCUT2D eigenvalue weighted by Gasteiger charge is -2.14. The first-order chi connectivity index (χ1) is 13.2. The number of likely N-dealkylation sites (tertiary alicyclic amines) is 1. The van der Waals surface area contributed by atoms with Crippen molar-refractivity contribution in [3.05, 3.63) is 39.8 Å². The summed E-state index contributed by atoms with van der Waals surface area (Å²) in [4.78, 5) is 26.8. The summed E-state index contributed by atoms with van der Waals surface area (Å²) in [6, 6.07) is 6.86. The molecular formula is C19H25N5O2S. The van der Waals surface area contributed by atoms with E-state index in [-0.39, 0.29) is 11.8 Å². The van der Waals surface area contributed by atoms with Crippen molar-refractivity contribution in [2.24, 2.45) is 0 Å². The van der Waals surface area contributed by atoms with E-state index in [0.717, 1.165) is 24.4 Å². The quantitative estimate of drug-likeness (QED) is 0.680. The Morgan fingerprint density at radius 1 is 1.11 bits per heavy atom. The van der Waals surface area contributed by atoms with Crippen LogP contribution in [0.4, 0.5) is 5.69 Å². The van der Waals surface area contributed by atoms with Crippen molar-refractivity contribution in [3.8, 4) is 0 Å². The van der Waals surface area contributed by atoms with Gasteiger partial charge in [-0.1, -0.05) is 18.3 Å². The molecule has 1 fully saturated rings. The first-order valence-corrected chi connectivity index (χ1v) is 10.2. The van der Waals surface area contributed by atoms with E-state index in [4.69, 9.17) is 0 Å². The van der Waals surface area contributed by atoms with Crippen molar-refractivity contribution >= 4 is 28.8 Å². The highest BCUT2D eigenvalue weighted by molar-refractivity contribution is 7.13. The Hall–Kier alpha value is -2.32. The Bertz CT molecular complexity index is 769. The van der Waals surface area contributed by atoms with Gasteiger partial charge in [0.15, 0.2) is 0 Å². The molecule has 0 saturated carbocycles. The van der Waals surface area contributed by atoms with Gasteiger partial charge in [0, 0.05) is 17.8 Å². The average molecular weight is 388 g/mol. The molecule has 0 bridgehead atoms. The number of nitrogens with one attached hydrogen (secondary N) is 2. The molecule has 1 aromatic carbocycles. The van der Waals surface area contributed by atoms with Gasteiger partial charge in [0.1, 0.15) is 5.01 Å². The van der Waals surface area contributed by atoms with Gasteiger partial charge in [0.2, 0.25) is 5.01 Å². The molecule has 27 heavy (non-hydrogen) atoms. The van der Waals surface area contributed by atoms with Crippen LogP contribution < -0.4 is 10.6 Å². The predicted molar refractivity (Wildman–Crippen MR) is 106 cm³/mol. The lowest BCUT2D eigenvalue weighted by molar-refractivity contribution is 0.0951. The average Bonchev–Trinajstić information content (AvgIpc) is 3.37. The topological polar surface area (TPSA) is 87.2 Å². The first kappa shape index (κ1) is 19.4. The van der Waals surface area contributed by atoms with Crippen LogP contribution in [0.25, 0.3) is 0 Å². The minimum absolute atomic E-state index is 0.0917. The maximum atomic E-state index is 12.2. The number of amides is 2. The highest BCUT2D eigenvalue weighted by atomic mass is 32.1. The zero-order valence-corrected chi connectivity index (χ0v) is 16.3. The first-order valence-electron chi connectivity index (χ1n) is 9.40. The summed E-state index contributed by atoms with van der Waals surface area (Å²) in [6.07, 6.45) is 4.29. The molecule has 0 unspecified atom stereocenters. The lowest BCUT2D eigenvalue weighted by Crippen LogP contribution is -2.28. The second-order valence-electron chi connectivity index (χ2n) is 6.54. The van der Waals surface area contributed by atoms with Crippen LogP contribution in [0.3, 0.4) is 0 Å². The standard InChI is InChI=1S/C19H25N5O2S/c1-2-16-22-23-19(27-16)18(26)21-15-8-6-14(7-9-15)17(25)20-10-5-13-24-11-3-4-12-24/h6-9H,2-5,10-13H2,1H3,(H,20,25)(H,21,26). The van der Waals surface area contributed by atoms with Gasteiger partial charge in [-0.25, -0.2) is 0 Å². The Kier molecular flexibility index (Phi) is 6.89. The Morgan fingerprint density at radius 2 is 1.85 bits per heavy atom. The molecule has 2 N–H and O–H groups in total. The van der Waals surface area contributed by atoms with E-state index in [1.807, 2.05) is 6.92 Å². The van der Waals surface area contributed by atoms with E-state index in [1.165, 1.54) is 37.3 Å². The fourth-order valence-corrected chi connectivity index (χ4v) is 3.67. The number of nitrogens with zero attached hydrogens (tertiary/aromatic N) is 3. The minimum Gasteiger partial charge on any atom is -0.352 e. The fraction of sp³-hybridized carbons (Fsp3) is 0.474. The SMILES string of the molecule is CCc1nnc(C(=O)Nc2ccc(C(=O)NCCCN3CCCC3)cc2)s1. The maximum absolute atomic E-state index is 12.2. The number of anilines is 1. The molecule has 3 rings (SSSR count). The number of carbonyl (C=O) groups is 2. The van der Waals surface area contributed by atoms with Crippen LogP contribution in [0.15, 0.2) is 24.3 Å². The molecule has 0 aliphatic carbocycles. The highest BCUT2D eigenvalue weighted by Crippen LogP contribution is 2.14. The molecule has 8 heteroatoms. The summed E-state index contributed by atoms with van der Waals surface area (Å²) in [6.45, 7) is 6.04. The minimum atomic E-state index is -0.286. The number of hydrogen-bond acceptors (Lipinski definition) is 6. The van der Waals surface area contributed by atoms with Crippen LogP contribution in [-0.2, 0) is 6.42 Å². The molecule has 1 saturated heterocycles. The van der Waals surface area contributed by atoms with E-state index in [1.54, 1.807) is 24.3 Å². The number of aromatic nitrogens is 2. The second kappa shape index (κ2) is 9.57. The monoisotopic (exact) mass is 387 g/mol. The summed E-state index contributed by atoms with van der Waals surface area (Å²) in [5.41, 5.74) is 1.21. The summed E-state index contributed by atoms with van der Waals surface area (Å²) >= 11 is 1.29. The van der Waals surface area contributed by atoms with Crippen LogP contribution in [0.1, 0.15) is 51.4 Å². The lowest BCUT2D eigenvalue weighted by atomic mass is 10.2. The van der Waals surface area contributed by atoms with Gasteiger partial charge in [-0.3, -0.25) is 9.59 Å². The predicted octanol–water partition coefficient (Wildman–Crippen LogP) is 2.57. The third-order valence-corrected chi connectivity index (χ3v) is 5.57. The number of carbonyl (C=O) groups excluding carboxylic acids is 2. The molecule has 1 aromatic heterocycles. The smallest absolute Gasteiger partial charge is 0.286 e. The maximum Gasteiger partial charge on any atom is 0.286 e. The molecule has 2 amide bonds. The Labute approximate surface area is 163 Å². The molecule has 0 radical (unpaired) electrons. The van der Waals surface area contributed by atoms with Crippen LogP contribution >= 0.6 is 11.3 Å². The van der Waals surface area contributed by atoms with Gasteiger partial charge in [-0.15, -0.1) is 10.2 Å². The zero-order chi connectivity index (χ0) is 19.1. The largest absolute Gasteiger partial charge is 0.352 e. The van der Waals surface area contributed by atoms with Gasteiger partial charge in [-0.05, 0) is 69.6 Å². The second-order valence-corrected chi connectivity index (χ2v) is 7.61. The van der Waals surface area contributed by atoms with E-state index >= 15 is 0 Å². The summed E-state index contributed by atoms with van der Waals surface area (Å²) in [7, 11) is 0. The van der Waals surface area contributed by atoms with E-state index < -0.39 is 0 Å². The highest BCUT2D eigenvalue weighted by Gasteiger charge is 2.13. The summed E-state index contributed by atoms with van der Waals surface area (Å²) in [5, 5.41) is 14.7. The van der Waals surface area contributed by atoms with Crippen molar-refractivity contribution in [1.82, 2.24) is 20.4 Å². The molecule has 2 aromatic rings. The van der Waals surface area contributed by atoms with Gasteiger partial charge < -0.3 is 15.5 Å². The van der Waals surface area contributed by atoms with Crippen LogP contribution in [-0.4, -0.2) is 53.1 Å². The van der Waals surface area contributed by atoms with Crippen LogP contribution in [0, 0.1) is 0 Å². The number of benzene rings is 1. The Morgan fingerprint density at radius 3 is 2.52 bits per heavy atom. The van der Waals surface area contributed by atoms with Crippen LogP contribution in [0.5, 0.6) is 0 Å². The molecule has 0 atom stereocenters. The molecular weight excluding hydrogens is 362 g/mol. The zero-order valence-electron chi connectivity index (χ0n) is 15.5. The van der Waals surface area contributed by atoms with Crippen molar-refractivity contribution in [2.45, 2.75) is 32.6 Å². The number of hydrogen-bond donors (Lipinski definition) is 2. The van der Waals surface area contributed by atoms with Crippen molar-refractivity contribution in [1.29, 1.82) is 0 Å². The molecule has 0 spiro atoms. The number of aryl methyl sites for hydroxylation is 1. The van der Waals surface area contributed by atoms with E-state index in [0.29, 0.717) is 22.8 Å². The molecule has 144 valence electrons. The van der Waals surface area contributed by atoms with Gasteiger partial charge in [0.05, 0.1) is 0 Å². The van der Waals surface area contributed by atoms with Crippen molar-refractivity contribution < 1.29 is 9.59 Å². The summed E-state index contributed by atoms with van der Waals surface area (Å²) in [5.74, 6) is -0.377. The van der Waals surface area contributed by atoms with Crippen molar-refractivity contribution in [2.75, 3.05) is 31.5 Å². The number of rotatable bonds is 8. The normalized spacial score (nSPS) is 14.3. The van der Waals surface area contributed by atoms with Gasteiger partial charge >= 0.3 is 0 Å². The molecule has 1 aliphatic heterocycles. The fourth-order valence-electron chi connectivity index (χ4n) is 2.99. The van der Waals surface area contributed by atoms with Gasteiger partial charge in [0.25, 0.3) is 11.8 Å². The van der Waals surface area contributed by atoms with E-state index in [9.17, 15) is 9.59 Å². The summed E-state index contributed by atoms with van der Waals surface area (Å²) < 4.78 is 0. The third-order valence-electron chi connectivity index (χ3n) is 4.50. The van der Waals surface area contributed by atoms with Crippen LogP contribution in [0.2, 0.25) is 0 Å².